The number of rotatable bonds is 8. The predicted molar refractivity (Wildman–Crippen MR) is 116 cm³/mol. The van der Waals surface area contributed by atoms with Crippen molar-refractivity contribution >= 4 is 46.0 Å². The van der Waals surface area contributed by atoms with Crippen molar-refractivity contribution < 1.29 is 65.6 Å². The lowest BCUT2D eigenvalue weighted by atomic mass is 9.97. The number of nitrogens with one attached hydrogen (secondary N) is 1. The van der Waals surface area contributed by atoms with Gasteiger partial charge in [0.05, 0.1) is 6.61 Å². The second-order valence-corrected chi connectivity index (χ2v) is 9.20. The molecule has 0 saturated carbocycles. The van der Waals surface area contributed by atoms with Gasteiger partial charge in [0.1, 0.15) is 18.3 Å². The van der Waals surface area contributed by atoms with Gasteiger partial charge in [0.25, 0.3) is 5.91 Å². The Balaban J connectivity index is 2.70. The van der Waals surface area contributed by atoms with E-state index < -0.39 is 88.8 Å². The van der Waals surface area contributed by atoms with Gasteiger partial charge in [0, 0.05) is 33.9 Å². The van der Waals surface area contributed by atoms with E-state index in [0.29, 0.717) is 10.5 Å². The van der Waals surface area contributed by atoms with Gasteiger partial charge in [0.15, 0.2) is 24.5 Å². The molecular weight excluding hydrogens is 524 g/mol. The number of ether oxygens (including phenoxy) is 6. The summed E-state index contributed by atoms with van der Waals surface area (Å²) in [6, 6.07) is 0. The van der Waals surface area contributed by atoms with Crippen molar-refractivity contribution in [3.8, 4) is 0 Å². The highest BCUT2D eigenvalue weighted by atomic mass is 32.2. The maximum atomic E-state index is 12.9. The highest BCUT2D eigenvalue weighted by Gasteiger charge is 2.56. The maximum absolute atomic E-state index is 12.9. The molecule has 2 aliphatic heterocycles. The van der Waals surface area contributed by atoms with E-state index >= 15 is 0 Å². The van der Waals surface area contributed by atoms with Crippen molar-refractivity contribution in [1.82, 2.24) is 9.03 Å². The summed E-state index contributed by atoms with van der Waals surface area (Å²) in [6.45, 7) is 4.70. The number of nitrogens with zero attached hydrogens (tertiary/aromatic N) is 1. The van der Waals surface area contributed by atoms with E-state index in [0.717, 1.165) is 27.7 Å². The minimum absolute atomic E-state index is 0.144. The summed E-state index contributed by atoms with van der Waals surface area (Å²) in [5.41, 5.74) is -0.746. The first-order chi connectivity index (χ1) is 17.2. The van der Waals surface area contributed by atoms with Crippen LogP contribution in [0.4, 0.5) is 0 Å². The minimum atomic E-state index is -4.79. The molecule has 1 fully saturated rings. The molecular formula is C20H26N2O14S. The van der Waals surface area contributed by atoms with Gasteiger partial charge in [0.2, 0.25) is 0 Å². The Hall–Kier alpha value is -3.73. The smallest absolute Gasteiger partial charge is 0.345 e. The lowest BCUT2D eigenvalue weighted by molar-refractivity contribution is -0.266. The Morgan fingerprint density at radius 1 is 0.892 bits per heavy atom. The number of amides is 1. The fourth-order valence-electron chi connectivity index (χ4n) is 3.45. The van der Waals surface area contributed by atoms with E-state index in [1.54, 1.807) is 4.72 Å². The molecule has 16 nitrogen and oxygen atoms in total. The van der Waals surface area contributed by atoms with Crippen LogP contribution in [0.15, 0.2) is 11.8 Å². The van der Waals surface area contributed by atoms with Gasteiger partial charge in [-0.25, -0.2) is 13.8 Å². The molecule has 0 bridgehead atoms. The zero-order chi connectivity index (χ0) is 28.1. The average Bonchev–Trinajstić information content (AvgIpc) is 2.74. The van der Waals surface area contributed by atoms with E-state index in [1.807, 2.05) is 0 Å². The van der Waals surface area contributed by atoms with Crippen molar-refractivity contribution in [2.75, 3.05) is 13.2 Å². The summed E-state index contributed by atoms with van der Waals surface area (Å²) in [5, 5.41) is 0. The van der Waals surface area contributed by atoms with Crippen LogP contribution in [-0.4, -0.2) is 92.3 Å². The Kier molecular flexibility index (Phi) is 9.57. The summed E-state index contributed by atoms with van der Waals surface area (Å²) in [6.07, 6.45) is -7.83. The van der Waals surface area contributed by atoms with Gasteiger partial charge in [-0.05, 0) is 6.92 Å². The average molecular weight is 550 g/mol. The summed E-state index contributed by atoms with van der Waals surface area (Å²) >= 11 is 0. The first-order valence-corrected chi connectivity index (χ1v) is 12.2. The van der Waals surface area contributed by atoms with E-state index in [4.69, 9.17) is 28.4 Å². The van der Waals surface area contributed by atoms with Gasteiger partial charge in [-0.1, -0.05) is 0 Å². The van der Waals surface area contributed by atoms with Crippen LogP contribution in [0, 0.1) is 0 Å². The van der Waals surface area contributed by atoms with Crippen LogP contribution in [0.5, 0.6) is 0 Å². The Bertz CT molecular complexity index is 1100. The first kappa shape index (κ1) is 29.5. The third-order valence-electron chi connectivity index (χ3n) is 4.71. The van der Waals surface area contributed by atoms with E-state index in [9.17, 15) is 37.2 Å². The van der Waals surface area contributed by atoms with Crippen molar-refractivity contribution in [2.24, 2.45) is 0 Å². The van der Waals surface area contributed by atoms with Crippen LogP contribution in [0.25, 0.3) is 0 Å². The molecule has 1 amide bonds. The summed E-state index contributed by atoms with van der Waals surface area (Å²) in [5.74, 6) is -6.07. The minimum Gasteiger partial charge on any atom is -0.463 e. The molecule has 0 aromatic rings. The molecule has 0 aliphatic carbocycles. The van der Waals surface area contributed by atoms with Gasteiger partial charge < -0.3 is 28.4 Å². The zero-order valence-electron chi connectivity index (χ0n) is 20.4. The van der Waals surface area contributed by atoms with Crippen LogP contribution in [0.3, 0.4) is 0 Å². The molecule has 0 aromatic heterocycles. The van der Waals surface area contributed by atoms with E-state index in [2.05, 4.69) is 0 Å². The van der Waals surface area contributed by atoms with Crippen molar-refractivity contribution in [3.05, 3.63) is 11.8 Å². The second-order valence-electron chi connectivity index (χ2n) is 7.62. The third kappa shape index (κ3) is 7.39. The zero-order valence-corrected chi connectivity index (χ0v) is 21.3. The van der Waals surface area contributed by atoms with Crippen molar-refractivity contribution in [3.63, 3.8) is 0 Å². The van der Waals surface area contributed by atoms with Crippen LogP contribution in [0.2, 0.25) is 0 Å². The quantitative estimate of drug-likeness (QED) is 0.201. The maximum Gasteiger partial charge on any atom is 0.345 e. The molecule has 206 valence electrons. The van der Waals surface area contributed by atoms with E-state index in [1.165, 1.54) is 6.92 Å². The molecule has 2 heterocycles. The lowest BCUT2D eigenvalue weighted by Crippen LogP contribution is -2.67. The Morgan fingerprint density at radius 2 is 1.43 bits per heavy atom. The van der Waals surface area contributed by atoms with Crippen LogP contribution in [-0.2, 0) is 67.4 Å². The number of carbonyl (C=O) groups is 6. The standard InChI is InChI=1S/C20H26N2O14S/c1-6-31-20(28)13-7-22(37(29,30)21-18(13)27)19-17(35-12(5)26)16(34-11(4)25)15(33-10(3)24)14(36-19)8-32-9(2)23/h7,14-17,19H,6,8H2,1-5H3,(H,21,27)/t14-,15-,16+,17-,19-/m1/s1. The van der Waals surface area contributed by atoms with Gasteiger partial charge in [-0.2, -0.15) is 8.42 Å². The number of carbonyl (C=O) groups excluding carboxylic acids is 6. The number of esters is 5. The highest BCUT2D eigenvalue weighted by Crippen LogP contribution is 2.33. The molecule has 37 heavy (non-hydrogen) atoms. The van der Waals surface area contributed by atoms with Crippen molar-refractivity contribution in [1.29, 1.82) is 0 Å². The molecule has 5 atom stereocenters. The monoisotopic (exact) mass is 550 g/mol. The van der Waals surface area contributed by atoms with Crippen LogP contribution >= 0.6 is 0 Å². The fraction of sp³-hybridized carbons (Fsp3) is 0.600. The first-order valence-electron chi connectivity index (χ1n) is 10.7. The largest absolute Gasteiger partial charge is 0.463 e. The third-order valence-corrected chi connectivity index (χ3v) is 6.02. The molecule has 0 unspecified atom stereocenters. The fourth-order valence-corrected chi connectivity index (χ4v) is 4.59. The Morgan fingerprint density at radius 3 is 1.95 bits per heavy atom. The summed E-state index contributed by atoms with van der Waals surface area (Å²) < 4.78 is 58.9. The SMILES string of the molecule is CCOC(=O)C1=CN([C@@H]2O[C@H](COC(C)=O)[C@@H](OC(C)=O)[C@H](OC(C)=O)[C@H]2OC(C)=O)S(=O)(=O)NC1=O. The Labute approximate surface area is 211 Å². The normalized spacial score (nSPS) is 26.6. The summed E-state index contributed by atoms with van der Waals surface area (Å²) in [4.78, 5) is 71.6. The number of hydrogen-bond acceptors (Lipinski definition) is 14. The topological polar surface area (TPSA) is 207 Å². The summed E-state index contributed by atoms with van der Waals surface area (Å²) in [7, 11) is -4.79. The molecule has 2 aliphatic rings. The number of hydrogen-bond donors (Lipinski definition) is 1. The lowest BCUT2D eigenvalue weighted by Gasteiger charge is -2.47. The van der Waals surface area contributed by atoms with E-state index in [-0.39, 0.29) is 6.61 Å². The van der Waals surface area contributed by atoms with Gasteiger partial charge >= 0.3 is 40.1 Å². The van der Waals surface area contributed by atoms with Crippen LogP contribution in [0.1, 0.15) is 34.6 Å². The molecule has 0 aromatic carbocycles. The molecule has 1 N–H and O–H groups in total. The van der Waals surface area contributed by atoms with Crippen molar-refractivity contribution in [2.45, 2.75) is 65.3 Å². The van der Waals surface area contributed by atoms with Crippen LogP contribution < -0.4 is 4.72 Å². The highest BCUT2D eigenvalue weighted by molar-refractivity contribution is 7.88. The molecule has 17 heteroatoms. The molecule has 2 rings (SSSR count). The molecule has 1 saturated heterocycles. The molecule has 0 spiro atoms. The molecule has 0 radical (unpaired) electrons. The predicted octanol–water partition coefficient (Wildman–Crippen LogP) is -1.81. The van der Waals surface area contributed by atoms with Gasteiger partial charge in [-0.3, -0.25) is 24.0 Å². The van der Waals surface area contributed by atoms with Gasteiger partial charge in [-0.15, -0.1) is 0 Å². The second kappa shape index (κ2) is 12.0.